The summed E-state index contributed by atoms with van der Waals surface area (Å²) in [5.74, 6) is -0.242. The molecule has 0 aliphatic carbocycles. The van der Waals surface area contributed by atoms with Crippen LogP contribution in [0.5, 0.6) is 5.75 Å². The minimum atomic E-state index is -0.924. The first-order valence-corrected chi connectivity index (χ1v) is 4.85. The summed E-state index contributed by atoms with van der Waals surface area (Å²) in [7, 11) is 0. The first-order valence-electron chi connectivity index (χ1n) is 4.85. The van der Waals surface area contributed by atoms with Crippen LogP contribution in [0, 0.1) is 0 Å². The number of allylic oxidation sites excluding steroid dienone is 1. The summed E-state index contributed by atoms with van der Waals surface area (Å²) in [6, 6.07) is 6.37. The van der Waals surface area contributed by atoms with Crippen molar-refractivity contribution in [2.24, 2.45) is 0 Å². The van der Waals surface area contributed by atoms with Crippen molar-refractivity contribution >= 4 is 5.97 Å². The molecule has 15 heavy (non-hydrogen) atoms. The van der Waals surface area contributed by atoms with Crippen molar-refractivity contribution in [2.75, 3.05) is 6.61 Å². The lowest BCUT2D eigenvalue weighted by Crippen LogP contribution is -1.97. The largest absolute Gasteiger partial charge is 0.490 e. The summed E-state index contributed by atoms with van der Waals surface area (Å²) < 4.78 is 5.36. The highest BCUT2D eigenvalue weighted by atomic mass is 16.5. The molecule has 0 aliphatic rings. The number of carboxylic acids is 1. The molecule has 0 radical (unpaired) electrons. The molecule has 0 unspecified atom stereocenters. The standard InChI is InChI=1S/C12H14O3/c1-2-3-4-9-15-11-7-5-10(6-8-11)12(13)14/h3-8H,2,9H2,1H3,(H,13,14)/b4-3-. The maximum Gasteiger partial charge on any atom is 0.335 e. The van der Waals surface area contributed by atoms with Crippen LogP contribution in [0.15, 0.2) is 36.4 Å². The Kier molecular flexibility index (Phi) is 4.41. The summed E-state index contributed by atoms with van der Waals surface area (Å²) in [6.07, 6.45) is 4.94. The third-order valence-corrected chi connectivity index (χ3v) is 1.85. The number of hydrogen-bond donors (Lipinski definition) is 1. The van der Waals surface area contributed by atoms with Crippen molar-refractivity contribution in [1.29, 1.82) is 0 Å². The van der Waals surface area contributed by atoms with Crippen LogP contribution < -0.4 is 4.74 Å². The van der Waals surface area contributed by atoms with Gasteiger partial charge < -0.3 is 9.84 Å². The number of benzene rings is 1. The van der Waals surface area contributed by atoms with E-state index >= 15 is 0 Å². The molecule has 3 heteroatoms. The summed E-state index contributed by atoms with van der Waals surface area (Å²) >= 11 is 0. The molecule has 1 N–H and O–H groups in total. The lowest BCUT2D eigenvalue weighted by molar-refractivity contribution is 0.0697. The number of carbonyl (C=O) groups is 1. The Hall–Kier alpha value is -1.77. The highest BCUT2D eigenvalue weighted by Gasteiger charge is 2.01. The van der Waals surface area contributed by atoms with Gasteiger partial charge in [-0.3, -0.25) is 0 Å². The van der Waals surface area contributed by atoms with Crippen LogP contribution in [0.1, 0.15) is 23.7 Å². The Morgan fingerprint density at radius 2 is 2.00 bits per heavy atom. The van der Waals surface area contributed by atoms with E-state index in [2.05, 4.69) is 6.92 Å². The van der Waals surface area contributed by atoms with E-state index in [0.717, 1.165) is 6.42 Å². The Balaban J connectivity index is 2.50. The molecule has 1 aromatic carbocycles. The zero-order valence-corrected chi connectivity index (χ0v) is 8.64. The molecule has 0 saturated heterocycles. The van der Waals surface area contributed by atoms with Gasteiger partial charge in [-0.15, -0.1) is 0 Å². The third-order valence-electron chi connectivity index (χ3n) is 1.85. The van der Waals surface area contributed by atoms with Gasteiger partial charge in [-0.25, -0.2) is 4.79 Å². The molecule has 0 fully saturated rings. The zero-order valence-electron chi connectivity index (χ0n) is 8.64. The first-order chi connectivity index (χ1) is 7.24. The van der Waals surface area contributed by atoms with E-state index in [0.29, 0.717) is 12.4 Å². The van der Waals surface area contributed by atoms with E-state index in [-0.39, 0.29) is 5.56 Å². The average molecular weight is 206 g/mol. The second-order valence-electron chi connectivity index (χ2n) is 3.02. The van der Waals surface area contributed by atoms with Crippen molar-refractivity contribution in [3.8, 4) is 5.75 Å². The molecule has 0 bridgehead atoms. The van der Waals surface area contributed by atoms with Crippen molar-refractivity contribution in [2.45, 2.75) is 13.3 Å². The van der Waals surface area contributed by atoms with Crippen molar-refractivity contribution in [3.05, 3.63) is 42.0 Å². The van der Waals surface area contributed by atoms with Crippen LogP contribution >= 0.6 is 0 Å². The van der Waals surface area contributed by atoms with Gasteiger partial charge in [-0.05, 0) is 30.7 Å². The molecule has 80 valence electrons. The van der Waals surface area contributed by atoms with Crippen molar-refractivity contribution in [3.63, 3.8) is 0 Å². The van der Waals surface area contributed by atoms with Gasteiger partial charge in [0.05, 0.1) is 5.56 Å². The summed E-state index contributed by atoms with van der Waals surface area (Å²) in [4.78, 5) is 10.6. The summed E-state index contributed by atoms with van der Waals surface area (Å²) in [6.45, 7) is 2.57. The van der Waals surface area contributed by atoms with E-state index in [9.17, 15) is 4.79 Å². The van der Waals surface area contributed by atoms with E-state index in [1.165, 1.54) is 12.1 Å². The fraction of sp³-hybridized carbons (Fsp3) is 0.250. The van der Waals surface area contributed by atoms with Crippen molar-refractivity contribution < 1.29 is 14.6 Å². The lowest BCUT2D eigenvalue weighted by atomic mass is 10.2. The van der Waals surface area contributed by atoms with Crippen LogP contribution in [0.25, 0.3) is 0 Å². The minimum absolute atomic E-state index is 0.270. The van der Waals surface area contributed by atoms with Gasteiger partial charge in [-0.2, -0.15) is 0 Å². The van der Waals surface area contributed by atoms with Crippen LogP contribution in [-0.4, -0.2) is 17.7 Å². The van der Waals surface area contributed by atoms with Gasteiger partial charge in [0.1, 0.15) is 12.4 Å². The summed E-state index contributed by atoms with van der Waals surface area (Å²) in [5.41, 5.74) is 0.270. The van der Waals surface area contributed by atoms with Gasteiger partial charge in [0.2, 0.25) is 0 Å². The topological polar surface area (TPSA) is 46.5 Å². The predicted octanol–water partition coefficient (Wildman–Crippen LogP) is 2.73. The van der Waals surface area contributed by atoms with E-state index < -0.39 is 5.97 Å². The normalized spacial score (nSPS) is 10.5. The fourth-order valence-corrected chi connectivity index (χ4v) is 1.07. The van der Waals surface area contributed by atoms with Crippen LogP contribution in [-0.2, 0) is 0 Å². The highest BCUT2D eigenvalue weighted by Crippen LogP contribution is 2.11. The van der Waals surface area contributed by atoms with Gasteiger partial charge in [0, 0.05) is 0 Å². The molecule has 3 nitrogen and oxygen atoms in total. The molecule has 0 saturated carbocycles. The first kappa shape index (κ1) is 11.3. The van der Waals surface area contributed by atoms with Gasteiger partial charge in [0.25, 0.3) is 0 Å². The number of aromatic carboxylic acids is 1. The van der Waals surface area contributed by atoms with Crippen LogP contribution in [0.4, 0.5) is 0 Å². The van der Waals surface area contributed by atoms with E-state index in [1.54, 1.807) is 12.1 Å². The Morgan fingerprint density at radius 3 is 2.53 bits per heavy atom. The van der Waals surface area contributed by atoms with Crippen molar-refractivity contribution in [1.82, 2.24) is 0 Å². The Labute approximate surface area is 89.0 Å². The Morgan fingerprint density at radius 1 is 1.33 bits per heavy atom. The molecule has 0 amide bonds. The SMILES string of the molecule is CC/C=C\COc1ccc(C(=O)O)cc1. The van der Waals surface area contributed by atoms with Gasteiger partial charge in [-0.1, -0.05) is 19.1 Å². The Bertz CT molecular complexity index is 338. The number of hydrogen-bond acceptors (Lipinski definition) is 2. The maximum atomic E-state index is 10.6. The molecule has 1 rings (SSSR count). The average Bonchev–Trinajstić information content (AvgIpc) is 2.25. The molecule has 0 aromatic heterocycles. The molecular formula is C12H14O3. The van der Waals surface area contributed by atoms with Crippen LogP contribution in [0.2, 0.25) is 0 Å². The monoisotopic (exact) mass is 206 g/mol. The quantitative estimate of drug-likeness (QED) is 0.753. The zero-order chi connectivity index (χ0) is 11.1. The minimum Gasteiger partial charge on any atom is -0.490 e. The summed E-state index contributed by atoms with van der Waals surface area (Å²) in [5, 5.41) is 8.67. The maximum absolute atomic E-state index is 10.6. The second-order valence-corrected chi connectivity index (χ2v) is 3.02. The molecule has 0 spiro atoms. The molecule has 0 aliphatic heterocycles. The van der Waals surface area contributed by atoms with Crippen LogP contribution in [0.3, 0.4) is 0 Å². The third kappa shape index (κ3) is 3.85. The molecule has 0 heterocycles. The van der Waals surface area contributed by atoms with Gasteiger partial charge >= 0.3 is 5.97 Å². The van der Waals surface area contributed by atoms with E-state index in [1.807, 2.05) is 12.2 Å². The number of carboxylic acid groups (broad SMARTS) is 1. The van der Waals surface area contributed by atoms with E-state index in [4.69, 9.17) is 9.84 Å². The number of ether oxygens (including phenoxy) is 1. The van der Waals surface area contributed by atoms with Gasteiger partial charge in [0.15, 0.2) is 0 Å². The molecular weight excluding hydrogens is 192 g/mol. The highest BCUT2D eigenvalue weighted by molar-refractivity contribution is 5.87. The fourth-order valence-electron chi connectivity index (χ4n) is 1.07. The lowest BCUT2D eigenvalue weighted by Gasteiger charge is -2.02. The smallest absolute Gasteiger partial charge is 0.335 e. The predicted molar refractivity (Wildman–Crippen MR) is 58.3 cm³/mol. The second kappa shape index (κ2) is 5.86. The molecule has 1 aromatic rings. The number of rotatable bonds is 5. The molecule has 0 atom stereocenters.